The highest BCUT2D eigenvalue weighted by Crippen LogP contribution is 2.22. The predicted molar refractivity (Wildman–Crippen MR) is 60.2 cm³/mol. The lowest BCUT2D eigenvalue weighted by atomic mass is 10.3. The minimum atomic E-state index is -0.700. The smallest absolute Gasteiger partial charge is 0.219 e. The number of nitrogens with zero attached hydrogens (tertiary/aromatic N) is 1. The lowest BCUT2D eigenvalue weighted by Gasteiger charge is -2.05. The normalized spacial score (nSPS) is 10.3. The molecule has 2 aromatic rings. The molecule has 0 spiro atoms. The van der Waals surface area contributed by atoms with Gasteiger partial charge in [0.1, 0.15) is 17.4 Å². The first-order chi connectivity index (χ1) is 8.17. The van der Waals surface area contributed by atoms with Crippen LogP contribution < -0.4 is 4.74 Å². The quantitative estimate of drug-likeness (QED) is 0.776. The molecule has 1 aromatic carbocycles. The van der Waals surface area contributed by atoms with Crippen molar-refractivity contribution in [3.63, 3.8) is 0 Å². The fraction of sp³-hybridized carbons (Fsp3) is 0.0833. The van der Waals surface area contributed by atoms with E-state index in [0.717, 1.165) is 23.8 Å². The molecule has 0 aliphatic carbocycles. The van der Waals surface area contributed by atoms with Crippen molar-refractivity contribution in [2.75, 3.05) is 0 Å². The number of benzene rings is 1. The van der Waals surface area contributed by atoms with Crippen molar-refractivity contribution in [1.82, 2.24) is 4.98 Å². The van der Waals surface area contributed by atoms with Gasteiger partial charge in [0.25, 0.3) is 0 Å². The molecule has 2 rings (SSSR count). The third-order valence-corrected chi connectivity index (χ3v) is 2.32. The summed E-state index contributed by atoms with van der Waals surface area (Å²) in [6, 6.07) is 6.27. The summed E-state index contributed by atoms with van der Waals surface area (Å²) in [6.07, 6.45) is 1.52. The average Bonchev–Trinajstić information content (AvgIpc) is 2.28. The maximum atomic E-state index is 12.9. The fourth-order valence-corrected chi connectivity index (χ4v) is 1.46. The van der Waals surface area contributed by atoms with E-state index in [2.05, 4.69) is 4.98 Å². The number of halogens is 3. The molecule has 1 heterocycles. The van der Waals surface area contributed by atoms with E-state index in [9.17, 15) is 8.78 Å². The largest absolute Gasteiger partial charge is 0.439 e. The van der Waals surface area contributed by atoms with E-state index in [-0.39, 0.29) is 11.6 Å². The lowest BCUT2D eigenvalue weighted by Crippen LogP contribution is -1.91. The van der Waals surface area contributed by atoms with E-state index >= 15 is 0 Å². The maximum Gasteiger partial charge on any atom is 0.219 e. The number of pyridine rings is 1. The van der Waals surface area contributed by atoms with Crippen molar-refractivity contribution in [3.05, 3.63) is 53.7 Å². The van der Waals surface area contributed by atoms with E-state index in [0.29, 0.717) is 5.88 Å². The molecule has 0 saturated heterocycles. The van der Waals surface area contributed by atoms with Gasteiger partial charge < -0.3 is 4.74 Å². The highest BCUT2D eigenvalue weighted by Gasteiger charge is 2.04. The van der Waals surface area contributed by atoms with Crippen molar-refractivity contribution < 1.29 is 13.5 Å². The third kappa shape index (κ3) is 3.14. The zero-order valence-corrected chi connectivity index (χ0v) is 9.42. The van der Waals surface area contributed by atoms with Crippen LogP contribution in [0.15, 0.2) is 36.5 Å². The fourth-order valence-electron chi connectivity index (χ4n) is 1.30. The summed E-state index contributed by atoms with van der Waals surface area (Å²) in [5.41, 5.74) is 0.813. The zero-order chi connectivity index (χ0) is 12.3. The lowest BCUT2D eigenvalue weighted by molar-refractivity contribution is 0.451. The van der Waals surface area contributed by atoms with Gasteiger partial charge in [-0.25, -0.2) is 13.8 Å². The maximum absolute atomic E-state index is 12.9. The Bertz CT molecular complexity index is 513. The topological polar surface area (TPSA) is 22.1 Å². The zero-order valence-electron chi connectivity index (χ0n) is 8.66. The highest BCUT2D eigenvalue weighted by molar-refractivity contribution is 6.17. The Kier molecular flexibility index (Phi) is 3.54. The molecule has 0 aliphatic rings. The van der Waals surface area contributed by atoms with Crippen LogP contribution in [0, 0.1) is 11.6 Å². The van der Waals surface area contributed by atoms with Gasteiger partial charge in [-0.15, -0.1) is 11.6 Å². The molecule has 2 nitrogen and oxygen atoms in total. The summed E-state index contributed by atoms with van der Waals surface area (Å²) < 4.78 is 31.1. The van der Waals surface area contributed by atoms with Gasteiger partial charge in [0.2, 0.25) is 5.88 Å². The van der Waals surface area contributed by atoms with Crippen LogP contribution in [0.1, 0.15) is 5.56 Å². The summed E-state index contributed by atoms with van der Waals surface area (Å²) in [7, 11) is 0. The molecular formula is C12H8ClF2NO. The van der Waals surface area contributed by atoms with Crippen LogP contribution in [0.3, 0.4) is 0 Å². The van der Waals surface area contributed by atoms with Crippen LogP contribution in [-0.4, -0.2) is 4.98 Å². The average molecular weight is 256 g/mol. The summed E-state index contributed by atoms with van der Waals surface area (Å²) in [5, 5.41) is 0. The molecule has 0 aliphatic heterocycles. The van der Waals surface area contributed by atoms with E-state index in [4.69, 9.17) is 16.3 Å². The van der Waals surface area contributed by atoms with Crippen molar-refractivity contribution >= 4 is 11.6 Å². The Labute approximate surface area is 102 Å². The third-order valence-electron chi connectivity index (χ3n) is 2.01. The van der Waals surface area contributed by atoms with Crippen LogP contribution in [-0.2, 0) is 5.88 Å². The SMILES string of the molecule is Fc1cc(F)cc(Oc2cc(CCl)ccn2)c1. The van der Waals surface area contributed by atoms with Gasteiger partial charge >= 0.3 is 0 Å². The van der Waals surface area contributed by atoms with Crippen molar-refractivity contribution in [3.8, 4) is 11.6 Å². The molecular weight excluding hydrogens is 248 g/mol. The van der Waals surface area contributed by atoms with Gasteiger partial charge in [-0.1, -0.05) is 0 Å². The molecule has 0 bridgehead atoms. The van der Waals surface area contributed by atoms with Gasteiger partial charge in [-0.2, -0.15) is 0 Å². The van der Waals surface area contributed by atoms with E-state index in [1.54, 1.807) is 12.1 Å². The number of ether oxygens (including phenoxy) is 1. The van der Waals surface area contributed by atoms with Crippen LogP contribution in [0.4, 0.5) is 8.78 Å². The van der Waals surface area contributed by atoms with Gasteiger partial charge in [0, 0.05) is 36.3 Å². The summed E-state index contributed by atoms with van der Waals surface area (Å²) in [5.74, 6) is -0.784. The number of hydrogen-bond donors (Lipinski definition) is 0. The van der Waals surface area contributed by atoms with E-state index in [1.807, 2.05) is 0 Å². The number of hydrogen-bond acceptors (Lipinski definition) is 2. The Morgan fingerprint density at radius 2 is 1.82 bits per heavy atom. The Balaban J connectivity index is 2.24. The van der Waals surface area contributed by atoms with Gasteiger partial charge in [0.15, 0.2) is 0 Å². The van der Waals surface area contributed by atoms with Crippen LogP contribution in [0.25, 0.3) is 0 Å². The van der Waals surface area contributed by atoms with Crippen LogP contribution >= 0.6 is 11.6 Å². The highest BCUT2D eigenvalue weighted by atomic mass is 35.5. The molecule has 0 amide bonds. The standard InChI is InChI=1S/C12H8ClF2NO/c13-7-8-1-2-16-12(3-8)17-11-5-9(14)4-10(15)6-11/h1-6H,7H2. The molecule has 0 N–H and O–H groups in total. The van der Waals surface area contributed by atoms with Crippen molar-refractivity contribution in [1.29, 1.82) is 0 Å². The first-order valence-corrected chi connectivity index (χ1v) is 5.35. The summed E-state index contributed by atoms with van der Waals surface area (Å²) in [4.78, 5) is 3.92. The molecule has 88 valence electrons. The number of rotatable bonds is 3. The Morgan fingerprint density at radius 3 is 2.47 bits per heavy atom. The van der Waals surface area contributed by atoms with Crippen molar-refractivity contribution in [2.24, 2.45) is 0 Å². The molecule has 0 saturated carbocycles. The monoisotopic (exact) mass is 255 g/mol. The second-order valence-corrected chi connectivity index (χ2v) is 3.61. The summed E-state index contributed by atoms with van der Waals surface area (Å²) >= 11 is 5.65. The predicted octanol–water partition coefficient (Wildman–Crippen LogP) is 3.89. The Hall–Kier alpha value is -1.68. The molecule has 17 heavy (non-hydrogen) atoms. The molecule has 0 radical (unpaired) electrons. The van der Waals surface area contributed by atoms with Gasteiger partial charge in [-0.05, 0) is 11.6 Å². The first kappa shape index (κ1) is 11.8. The minimum absolute atomic E-state index is 0.0572. The van der Waals surface area contributed by atoms with E-state index < -0.39 is 11.6 Å². The second kappa shape index (κ2) is 5.10. The molecule has 1 aromatic heterocycles. The molecule has 0 fully saturated rings. The molecule has 0 atom stereocenters. The van der Waals surface area contributed by atoms with Crippen LogP contribution in [0.5, 0.6) is 11.6 Å². The summed E-state index contributed by atoms with van der Waals surface area (Å²) in [6.45, 7) is 0. The van der Waals surface area contributed by atoms with E-state index in [1.165, 1.54) is 6.20 Å². The van der Waals surface area contributed by atoms with Gasteiger partial charge in [0.05, 0.1) is 0 Å². The first-order valence-electron chi connectivity index (χ1n) is 4.82. The van der Waals surface area contributed by atoms with Crippen molar-refractivity contribution in [2.45, 2.75) is 5.88 Å². The number of alkyl halides is 1. The minimum Gasteiger partial charge on any atom is -0.439 e. The van der Waals surface area contributed by atoms with Gasteiger partial charge in [-0.3, -0.25) is 0 Å². The number of aromatic nitrogens is 1. The molecule has 5 heteroatoms. The van der Waals surface area contributed by atoms with Crippen LogP contribution in [0.2, 0.25) is 0 Å². The Morgan fingerprint density at radius 1 is 1.12 bits per heavy atom. The second-order valence-electron chi connectivity index (χ2n) is 3.34. The molecule has 0 unspecified atom stereocenters.